The van der Waals surface area contributed by atoms with Gasteiger partial charge in [0.15, 0.2) is 0 Å². The standard InChI is InChI=1S/C10H11O2/c1-9-3-5-10(6-4-9)12-8-2-7-11/h3-6H,2,8H2,1H3. The minimum absolute atomic E-state index is 0.327. The third-order valence-electron chi connectivity index (χ3n) is 1.49. The van der Waals surface area contributed by atoms with Crippen LogP contribution in [-0.2, 0) is 4.79 Å². The number of carbonyl (C=O) groups excluding carboxylic acids is 1. The lowest BCUT2D eigenvalue weighted by Crippen LogP contribution is -1.97. The highest BCUT2D eigenvalue weighted by molar-refractivity contribution is 5.50. The summed E-state index contributed by atoms with van der Waals surface area (Å²) in [6, 6.07) is 7.72. The van der Waals surface area contributed by atoms with Gasteiger partial charge in [-0.05, 0) is 19.1 Å². The molecule has 0 spiro atoms. The maximum absolute atomic E-state index is 9.84. The fourth-order valence-electron chi connectivity index (χ4n) is 0.845. The summed E-state index contributed by atoms with van der Waals surface area (Å²) in [6.07, 6.45) is 2.10. The van der Waals surface area contributed by atoms with Gasteiger partial charge < -0.3 is 4.74 Å². The molecule has 0 fully saturated rings. The van der Waals surface area contributed by atoms with Crippen molar-refractivity contribution in [1.29, 1.82) is 0 Å². The number of hydrogen-bond acceptors (Lipinski definition) is 2. The van der Waals surface area contributed by atoms with Crippen LogP contribution in [-0.4, -0.2) is 12.9 Å². The van der Waals surface area contributed by atoms with Crippen LogP contribution in [0.25, 0.3) is 0 Å². The first-order valence-corrected chi connectivity index (χ1v) is 3.87. The molecule has 1 rings (SSSR count). The van der Waals surface area contributed by atoms with E-state index < -0.39 is 0 Å². The van der Waals surface area contributed by atoms with Crippen molar-refractivity contribution in [2.75, 3.05) is 6.61 Å². The molecule has 2 nitrogen and oxygen atoms in total. The van der Waals surface area contributed by atoms with E-state index in [1.807, 2.05) is 31.2 Å². The van der Waals surface area contributed by atoms with Crippen LogP contribution in [0.3, 0.4) is 0 Å². The Morgan fingerprint density at radius 3 is 2.58 bits per heavy atom. The number of aryl methyl sites for hydroxylation is 1. The highest BCUT2D eigenvalue weighted by atomic mass is 16.5. The zero-order chi connectivity index (χ0) is 8.81. The van der Waals surface area contributed by atoms with Gasteiger partial charge in [0.05, 0.1) is 6.61 Å². The van der Waals surface area contributed by atoms with Crippen LogP contribution in [0, 0.1) is 6.92 Å². The summed E-state index contributed by atoms with van der Waals surface area (Å²) in [5.74, 6) is 0.802. The van der Waals surface area contributed by atoms with Gasteiger partial charge in [-0.15, -0.1) is 0 Å². The van der Waals surface area contributed by atoms with Crippen molar-refractivity contribution in [3.63, 3.8) is 0 Å². The van der Waals surface area contributed by atoms with E-state index in [2.05, 4.69) is 0 Å². The van der Waals surface area contributed by atoms with Gasteiger partial charge >= 0.3 is 0 Å². The zero-order valence-electron chi connectivity index (χ0n) is 7.04. The first-order chi connectivity index (χ1) is 5.83. The molecule has 1 radical (unpaired) electrons. The summed E-state index contributed by atoms with van der Waals surface area (Å²) in [5.41, 5.74) is 1.20. The van der Waals surface area contributed by atoms with E-state index in [0.29, 0.717) is 13.0 Å². The van der Waals surface area contributed by atoms with Gasteiger partial charge in [-0.1, -0.05) is 17.7 Å². The maximum Gasteiger partial charge on any atom is 0.201 e. The Balaban J connectivity index is 2.42. The van der Waals surface area contributed by atoms with Crippen molar-refractivity contribution in [2.45, 2.75) is 13.3 Å². The second-order valence-corrected chi connectivity index (χ2v) is 2.56. The van der Waals surface area contributed by atoms with Crippen molar-refractivity contribution >= 4 is 6.29 Å². The lowest BCUT2D eigenvalue weighted by molar-refractivity contribution is 0.326. The quantitative estimate of drug-likeness (QED) is 0.633. The molecule has 0 amide bonds. The summed E-state index contributed by atoms with van der Waals surface area (Å²) >= 11 is 0. The van der Waals surface area contributed by atoms with Gasteiger partial charge in [-0.3, -0.25) is 4.79 Å². The van der Waals surface area contributed by atoms with Crippen LogP contribution >= 0.6 is 0 Å². The monoisotopic (exact) mass is 163 g/mol. The van der Waals surface area contributed by atoms with Crippen LogP contribution < -0.4 is 4.74 Å². The first kappa shape index (κ1) is 8.78. The Bertz CT molecular complexity index is 239. The van der Waals surface area contributed by atoms with Crippen molar-refractivity contribution < 1.29 is 9.53 Å². The van der Waals surface area contributed by atoms with Crippen molar-refractivity contribution in [3.05, 3.63) is 29.8 Å². The molecule has 0 heterocycles. The highest BCUT2D eigenvalue weighted by Gasteiger charge is 1.91. The Morgan fingerprint density at radius 1 is 1.33 bits per heavy atom. The van der Waals surface area contributed by atoms with E-state index >= 15 is 0 Å². The zero-order valence-corrected chi connectivity index (χ0v) is 7.04. The predicted octanol–water partition coefficient (Wildman–Crippen LogP) is 1.87. The fourth-order valence-corrected chi connectivity index (χ4v) is 0.845. The molecule has 0 saturated heterocycles. The lowest BCUT2D eigenvalue weighted by Gasteiger charge is -2.02. The molecule has 2 heteroatoms. The molecule has 0 saturated carbocycles. The maximum atomic E-state index is 9.84. The molecule has 0 aliphatic rings. The molecule has 0 aliphatic carbocycles. The molecule has 0 aliphatic heterocycles. The van der Waals surface area contributed by atoms with Gasteiger partial charge in [0.25, 0.3) is 0 Å². The summed E-state index contributed by atoms with van der Waals surface area (Å²) in [4.78, 5) is 9.84. The smallest absolute Gasteiger partial charge is 0.201 e. The Kier molecular flexibility index (Phi) is 3.33. The normalized spacial score (nSPS) is 9.42. The summed E-state index contributed by atoms with van der Waals surface area (Å²) < 4.78 is 5.24. The summed E-state index contributed by atoms with van der Waals surface area (Å²) in [7, 11) is 0. The molecule has 0 atom stereocenters. The molecule has 0 N–H and O–H groups in total. The molecule has 0 bridgehead atoms. The second-order valence-electron chi connectivity index (χ2n) is 2.56. The highest BCUT2D eigenvalue weighted by Crippen LogP contribution is 2.10. The average Bonchev–Trinajstić information content (AvgIpc) is 2.09. The van der Waals surface area contributed by atoms with Crippen LogP contribution in [0.4, 0.5) is 0 Å². The Hall–Kier alpha value is -1.31. The molecule has 12 heavy (non-hydrogen) atoms. The van der Waals surface area contributed by atoms with Gasteiger partial charge in [0.2, 0.25) is 6.29 Å². The summed E-state index contributed by atoms with van der Waals surface area (Å²) in [6.45, 7) is 2.43. The largest absolute Gasteiger partial charge is 0.493 e. The van der Waals surface area contributed by atoms with Gasteiger partial charge in [0, 0.05) is 6.42 Å². The number of hydrogen-bond donors (Lipinski definition) is 0. The van der Waals surface area contributed by atoms with Crippen LogP contribution in [0.5, 0.6) is 5.75 Å². The van der Waals surface area contributed by atoms with Crippen molar-refractivity contribution in [1.82, 2.24) is 0 Å². The van der Waals surface area contributed by atoms with E-state index in [1.54, 1.807) is 6.29 Å². The second kappa shape index (κ2) is 4.54. The number of benzene rings is 1. The molecular weight excluding hydrogens is 152 g/mol. The van der Waals surface area contributed by atoms with Gasteiger partial charge in [0.1, 0.15) is 5.75 Å². The molecule has 1 aromatic rings. The minimum Gasteiger partial charge on any atom is -0.493 e. The van der Waals surface area contributed by atoms with Gasteiger partial charge in [-0.25, -0.2) is 0 Å². The number of rotatable bonds is 4. The lowest BCUT2D eigenvalue weighted by atomic mass is 10.2. The average molecular weight is 163 g/mol. The van der Waals surface area contributed by atoms with Crippen LogP contribution in [0.1, 0.15) is 12.0 Å². The topological polar surface area (TPSA) is 26.3 Å². The molecular formula is C10H11O2. The molecule has 1 aromatic carbocycles. The van der Waals surface area contributed by atoms with E-state index in [9.17, 15) is 4.79 Å². The van der Waals surface area contributed by atoms with Crippen LogP contribution in [0.2, 0.25) is 0 Å². The van der Waals surface area contributed by atoms with Crippen molar-refractivity contribution in [3.8, 4) is 5.75 Å². The molecule has 0 aromatic heterocycles. The predicted molar refractivity (Wildman–Crippen MR) is 47.0 cm³/mol. The van der Waals surface area contributed by atoms with E-state index in [4.69, 9.17) is 4.74 Å². The first-order valence-electron chi connectivity index (χ1n) is 3.87. The molecule has 63 valence electrons. The van der Waals surface area contributed by atoms with E-state index in [-0.39, 0.29) is 0 Å². The summed E-state index contributed by atoms with van der Waals surface area (Å²) in [5, 5.41) is 0. The van der Waals surface area contributed by atoms with E-state index in [0.717, 1.165) is 5.75 Å². The van der Waals surface area contributed by atoms with Gasteiger partial charge in [-0.2, -0.15) is 0 Å². The fraction of sp³-hybridized carbons (Fsp3) is 0.300. The Labute approximate surface area is 72.2 Å². The SMILES string of the molecule is Cc1ccc(OCC[C]=O)cc1. The van der Waals surface area contributed by atoms with Crippen LogP contribution in [0.15, 0.2) is 24.3 Å². The van der Waals surface area contributed by atoms with Crippen molar-refractivity contribution in [2.24, 2.45) is 0 Å². The van der Waals surface area contributed by atoms with E-state index in [1.165, 1.54) is 5.56 Å². The molecule has 0 unspecified atom stereocenters. The number of ether oxygens (including phenoxy) is 1. The minimum atomic E-state index is 0.327. The third kappa shape index (κ3) is 2.74. The third-order valence-corrected chi connectivity index (χ3v) is 1.49. The Morgan fingerprint density at radius 2 is 2.00 bits per heavy atom.